The Bertz CT molecular complexity index is 680. The molecule has 2 aromatic rings. The Kier molecular flexibility index (Phi) is 3.74. The summed E-state index contributed by atoms with van der Waals surface area (Å²) in [7, 11) is 0. The maximum atomic E-state index is 13.8. The summed E-state index contributed by atoms with van der Waals surface area (Å²) in [6.07, 6.45) is 0. The van der Waals surface area contributed by atoms with E-state index in [-0.39, 0.29) is 17.1 Å². The highest BCUT2D eigenvalue weighted by atomic mass is 19.1. The molecule has 3 nitrogen and oxygen atoms in total. The summed E-state index contributed by atoms with van der Waals surface area (Å²) in [6.45, 7) is 5.90. The predicted octanol–water partition coefficient (Wildman–Crippen LogP) is 3.83. The predicted molar refractivity (Wildman–Crippen MR) is 78.1 cm³/mol. The van der Waals surface area contributed by atoms with Crippen LogP contribution in [0.15, 0.2) is 30.3 Å². The Balaban J connectivity index is 2.51. The number of amidine groups is 1. The summed E-state index contributed by atoms with van der Waals surface area (Å²) >= 11 is 0. The van der Waals surface area contributed by atoms with Crippen molar-refractivity contribution < 1.29 is 9.13 Å². The van der Waals surface area contributed by atoms with Gasteiger partial charge in [0.05, 0.1) is 5.56 Å². The fourth-order valence-corrected chi connectivity index (χ4v) is 2.08. The molecule has 0 saturated carbocycles. The number of benzene rings is 2. The van der Waals surface area contributed by atoms with Gasteiger partial charge in [-0.05, 0) is 55.7 Å². The maximum Gasteiger partial charge on any atom is 0.141 e. The molecule has 2 rings (SSSR count). The lowest BCUT2D eigenvalue weighted by Gasteiger charge is -2.14. The molecule has 0 aliphatic heterocycles. The summed E-state index contributed by atoms with van der Waals surface area (Å²) in [4.78, 5) is 0. The van der Waals surface area contributed by atoms with E-state index in [4.69, 9.17) is 15.9 Å². The van der Waals surface area contributed by atoms with E-state index in [1.165, 1.54) is 12.1 Å². The van der Waals surface area contributed by atoms with E-state index < -0.39 is 5.82 Å². The van der Waals surface area contributed by atoms with Gasteiger partial charge in [0, 0.05) is 0 Å². The van der Waals surface area contributed by atoms with Crippen LogP contribution in [0.4, 0.5) is 4.39 Å². The van der Waals surface area contributed by atoms with Crippen LogP contribution in [0.25, 0.3) is 0 Å². The molecular formula is C16H17FN2O. The van der Waals surface area contributed by atoms with Crippen LogP contribution in [0.5, 0.6) is 11.5 Å². The first-order chi connectivity index (χ1) is 9.40. The van der Waals surface area contributed by atoms with Crippen LogP contribution < -0.4 is 10.5 Å². The SMILES string of the molecule is Cc1cc(C)c(C)c(Oc2cccc(F)c2C(=N)N)c1. The number of hydrogen-bond donors (Lipinski definition) is 2. The van der Waals surface area contributed by atoms with Crippen LogP contribution >= 0.6 is 0 Å². The Labute approximate surface area is 117 Å². The van der Waals surface area contributed by atoms with Gasteiger partial charge in [-0.2, -0.15) is 0 Å². The average Bonchev–Trinajstić information content (AvgIpc) is 2.35. The van der Waals surface area contributed by atoms with Crippen LogP contribution in [-0.2, 0) is 0 Å². The molecule has 0 heterocycles. The van der Waals surface area contributed by atoms with Gasteiger partial charge >= 0.3 is 0 Å². The number of hydrogen-bond acceptors (Lipinski definition) is 2. The summed E-state index contributed by atoms with van der Waals surface area (Å²) in [5, 5.41) is 7.48. The van der Waals surface area contributed by atoms with Crippen molar-refractivity contribution in [2.45, 2.75) is 20.8 Å². The quantitative estimate of drug-likeness (QED) is 0.659. The normalized spacial score (nSPS) is 10.4. The van der Waals surface area contributed by atoms with Gasteiger partial charge in [-0.15, -0.1) is 0 Å². The summed E-state index contributed by atoms with van der Waals surface area (Å²) in [5.74, 6) is -0.00152. The van der Waals surface area contributed by atoms with Crippen LogP contribution in [0, 0.1) is 32.0 Å². The van der Waals surface area contributed by atoms with E-state index in [1.54, 1.807) is 6.07 Å². The number of rotatable bonds is 3. The maximum absolute atomic E-state index is 13.8. The molecule has 4 heteroatoms. The van der Waals surface area contributed by atoms with Gasteiger partial charge < -0.3 is 10.5 Å². The molecule has 2 aromatic carbocycles. The molecule has 0 aromatic heterocycles. The summed E-state index contributed by atoms with van der Waals surface area (Å²) < 4.78 is 19.5. The molecule has 0 radical (unpaired) electrons. The van der Waals surface area contributed by atoms with Gasteiger partial charge in [0.25, 0.3) is 0 Å². The minimum Gasteiger partial charge on any atom is -0.456 e. The van der Waals surface area contributed by atoms with Crippen LogP contribution in [0.3, 0.4) is 0 Å². The van der Waals surface area contributed by atoms with Crippen LogP contribution in [0.2, 0.25) is 0 Å². The van der Waals surface area contributed by atoms with E-state index >= 15 is 0 Å². The molecule has 0 fully saturated rings. The van der Waals surface area contributed by atoms with E-state index in [2.05, 4.69) is 6.07 Å². The molecule has 0 spiro atoms. The van der Waals surface area contributed by atoms with Crippen molar-refractivity contribution in [1.29, 1.82) is 5.41 Å². The second kappa shape index (κ2) is 5.33. The topological polar surface area (TPSA) is 59.1 Å². The van der Waals surface area contributed by atoms with E-state index in [0.717, 1.165) is 16.7 Å². The first-order valence-electron chi connectivity index (χ1n) is 6.28. The van der Waals surface area contributed by atoms with Crippen molar-refractivity contribution in [2.75, 3.05) is 0 Å². The highest BCUT2D eigenvalue weighted by molar-refractivity contribution is 5.98. The first kappa shape index (κ1) is 14.1. The van der Waals surface area contributed by atoms with Crippen molar-refractivity contribution >= 4 is 5.84 Å². The van der Waals surface area contributed by atoms with Crippen LogP contribution in [0.1, 0.15) is 22.3 Å². The Hall–Kier alpha value is -2.36. The number of nitrogens with two attached hydrogens (primary N) is 1. The molecule has 0 atom stereocenters. The molecule has 0 aliphatic rings. The Morgan fingerprint density at radius 2 is 1.85 bits per heavy atom. The highest BCUT2D eigenvalue weighted by Crippen LogP contribution is 2.31. The molecule has 0 amide bonds. The minimum atomic E-state index is -0.558. The fourth-order valence-electron chi connectivity index (χ4n) is 2.08. The monoisotopic (exact) mass is 272 g/mol. The fraction of sp³-hybridized carbons (Fsp3) is 0.188. The molecule has 0 saturated heterocycles. The Morgan fingerprint density at radius 3 is 2.50 bits per heavy atom. The third kappa shape index (κ3) is 2.64. The molecule has 0 bridgehead atoms. The lowest BCUT2D eigenvalue weighted by molar-refractivity contribution is 0.470. The molecule has 104 valence electrons. The third-order valence-corrected chi connectivity index (χ3v) is 3.23. The Morgan fingerprint density at radius 1 is 1.15 bits per heavy atom. The van der Waals surface area contributed by atoms with Crippen molar-refractivity contribution in [3.8, 4) is 11.5 Å². The van der Waals surface area contributed by atoms with Gasteiger partial charge in [0.2, 0.25) is 0 Å². The zero-order chi connectivity index (χ0) is 14.9. The second-order valence-corrected chi connectivity index (χ2v) is 4.83. The van der Waals surface area contributed by atoms with Gasteiger partial charge in [-0.3, -0.25) is 5.41 Å². The lowest BCUT2D eigenvalue weighted by atomic mass is 10.1. The van der Waals surface area contributed by atoms with E-state index in [1.807, 2.05) is 26.8 Å². The minimum absolute atomic E-state index is 0.00828. The number of nitrogen functional groups attached to an aromatic ring is 1. The van der Waals surface area contributed by atoms with Gasteiger partial charge in [-0.1, -0.05) is 12.1 Å². The average molecular weight is 272 g/mol. The number of ether oxygens (including phenoxy) is 1. The molecule has 20 heavy (non-hydrogen) atoms. The smallest absolute Gasteiger partial charge is 0.141 e. The van der Waals surface area contributed by atoms with Crippen molar-refractivity contribution in [3.05, 3.63) is 58.4 Å². The van der Waals surface area contributed by atoms with Crippen molar-refractivity contribution in [2.24, 2.45) is 5.73 Å². The largest absolute Gasteiger partial charge is 0.456 e. The zero-order valence-electron chi connectivity index (χ0n) is 11.8. The standard InChI is InChI=1S/C16H17FN2O/c1-9-7-10(2)11(3)14(8-9)20-13-6-4-5-12(17)15(13)16(18)19/h4-8H,1-3H3,(H3,18,19). The van der Waals surface area contributed by atoms with Crippen molar-refractivity contribution in [1.82, 2.24) is 0 Å². The third-order valence-electron chi connectivity index (χ3n) is 3.23. The molecule has 0 aliphatic carbocycles. The number of halogens is 1. The van der Waals surface area contributed by atoms with Crippen LogP contribution in [-0.4, -0.2) is 5.84 Å². The van der Waals surface area contributed by atoms with Gasteiger partial charge in [0.15, 0.2) is 0 Å². The summed E-state index contributed by atoms with van der Waals surface area (Å²) in [5.41, 5.74) is 8.56. The lowest BCUT2D eigenvalue weighted by Crippen LogP contribution is -2.14. The van der Waals surface area contributed by atoms with Gasteiger partial charge in [0.1, 0.15) is 23.2 Å². The number of aryl methyl sites for hydroxylation is 2. The zero-order valence-corrected chi connectivity index (χ0v) is 11.8. The van der Waals surface area contributed by atoms with Gasteiger partial charge in [-0.25, -0.2) is 4.39 Å². The number of nitrogens with one attached hydrogen (secondary N) is 1. The molecule has 3 N–H and O–H groups in total. The molecule has 0 unspecified atom stereocenters. The molecular weight excluding hydrogens is 255 g/mol. The first-order valence-corrected chi connectivity index (χ1v) is 6.28. The highest BCUT2D eigenvalue weighted by Gasteiger charge is 2.14. The van der Waals surface area contributed by atoms with E-state index in [9.17, 15) is 4.39 Å². The van der Waals surface area contributed by atoms with Crippen molar-refractivity contribution in [3.63, 3.8) is 0 Å². The second-order valence-electron chi connectivity index (χ2n) is 4.83. The van der Waals surface area contributed by atoms with E-state index in [0.29, 0.717) is 5.75 Å². The summed E-state index contributed by atoms with van der Waals surface area (Å²) in [6, 6.07) is 8.35.